The van der Waals surface area contributed by atoms with Gasteiger partial charge in [-0.15, -0.1) is 0 Å². The highest BCUT2D eigenvalue weighted by Crippen LogP contribution is 2.53. The maximum atomic E-state index is 13.1. The van der Waals surface area contributed by atoms with E-state index in [4.69, 9.17) is 0 Å². The number of anilines is 1. The largest absolute Gasteiger partial charge is 0.416 e. The molecule has 0 unspecified atom stereocenters. The Kier molecular flexibility index (Phi) is 6.70. The number of benzene rings is 1. The fourth-order valence-electron chi connectivity index (χ4n) is 5.06. The second-order valence-corrected chi connectivity index (χ2v) is 9.43. The van der Waals surface area contributed by atoms with Gasteiger partial charge in [-0.1, -0.05) is 6.07 Å². The molecular formula is C23H32F3N3O3. The molecule has 9 heteroatoms. The molecule has 1 aromatic carbocycles. The predicted molar refractivity (Wildman–Crippen MR) is 114 cm³/mol. The highest BCUT2D eigenvalue weighted by molar-refractivity contribution is 5.78. The number of hydrogen-bond donors (Lipinski definition) is 2. The lowest BCUT2D eigenvalue weighted by Crippen LogP contribution is -2.48. The molecule has 32 heavy (non-hydrogen) atoms. The van der Waals surface area contributed by atoms with Gasteiger partial charge in [0.25, 0.3) is 0 Å². The van der Waals surface area contributed by atoms with Crippen LogP contribution in [-0.2, 0) is 11.0 Å². The number of nitrogens with zero attached hydrogens (tertiary/aromatic N) is 3. The molecule has 1 saturated carbocycles. The van der Waals surface area contributed by atoms with E-state index in [2.05, 4.69) is 4.90 Å². The summed E-state index contributed by atoms with van der Waals surface area (Å²) in [5.74, 6) is -0.0888. The van der Waals surface area contributed by atoms with E-state index < -0.39 is 11.7 Å². The molecule has 0 radical (unpaired) electrons. The Morgan fingerprint density at radius 1 is 1.12 bits per heavy atom. The Morgan fingerprint density at radius 3 is 2.56 bits per heavy atom. The Bertz CT molecular complexity index is 815. The van der Waals surface area contributed by atoms with Gasteiger partial charge in [0.2, 0.25) is 5.91 Å². The van der Waals surface area contributed by atoms with Crippen molar-refractivity contribution >= 4 is 11.6 Å². The van der Waals surface area contributed by atoms with Gasteiger partial charge in [0.1, 0.15) is 0 Å². The number of aliphatic hydroxyl groups is 2. The summed E-state index contributed by atoms with van der Waals surface area (Å²) in [6.07, 6.45) is -0.717. The van der Waals surface area contributed by atoms with Crippen molar-refractivity contribution in [3.63, 3.8) is 0 Å². The number of halogens is 3. The maximum absolute atomic E-state index is 13.1. The van der Waals surface area contributed by atoms with Crippen molar-refractivity contribution in [2.45, 2.75) is 50.4 Å². The van der Waals surface area contributed by atoms with E-state index in [0.717, 1.165) is 37.9 Å². The molecule has 0 bridgehead atoms. The summed E-state index contributed by atoms with van der Waals surface area (Å²) in [6.45, 7) is 3.20. The van der Waals surface area contributed by atoms with Crippen LogP contribution in [0.15, 0.2) is 24.3 Å². The fraction of sp³-hybridized carbons (Fsp3) is 0.696. The Labute approximate surface area is 186 Å². The molecule has 2 atom stereocenters. The van der Waals surface area contributed by atoms with Gasteiger partial charge < -0.3 is 24.9 Å². The zero-order valence-electron chi connectivity index (χ0n) is 18.2. The number of hydrogen-bond acceptors (Lipinski definition) is 5. The second-order valence-electron chi connectivity index (χ2n) is 9.43. The molecule has 2 saturated heterocycles. The highest BCUT2D eigenvalue weighted by Gasteiger charge is 2.51. The van der Waals surface area contributed by atoms with Crippen LogP contribution in [0.1, 0.15) is 37.7 Å². The van der Waals surface area contributed by atoms with Gasteiger partial charge in [0, 0.05) is 44.8 Å². The minimum Gasteiger partial charge on any atom is -0.394 e. The average Bonchev–Trinajstić information content (AvgIpc) is 3.56. The van der Waals surface area contributed by atoms with Gasteiger partial charge in [0.15, 0.2) is 0 Å². The number of alkyl halides is 3. The number of β-amino-alcohol motifs (C(OH)–C–C–N with tert-alkyl or cyclic N) is 1. The monoisotopic (exact) mass is 455 g/mol. The number of carbonyl (C=O) groups excluding carboxylic acids is 1. The van der Waals surface area contributed by atoms with Gasteiger partial charge >= 0.3 is 6.18 Å². The summed E-state index contributed by atoms with van der Waals surface area (Å²) in [5.41, 5.74) is -0.112. The minimum atomic E-state index is -4.41. The summed E-state index contributed by atoms with van der Waals surface area (Å²) in [4.78, 5) is 18.5. The first-order chi connectivity index (χ1) is 15.2. The van der Waals surface area contributed by atoms with Gasteiger partial charge in [-0.3, -0.25) is 4.79 Å². The van der Waals surface area contributed by atoms with E-state index >= 15 is 0 Å². The molecule has 1 aromatic rings. The van der Waals surface area contributed by atoms with E-state index in [1.165, 1.54) is 6.07 Å². The molecule has 4 rings (SSSR count). The zero-order valence-corrected chi connectivity index (χ0v) is 18.2. The quantitative estimate of drug-likeness (QED) is 0.690. The Morgan fingerprint density at radius 2 is 1.91 bits per heavy atom. The molecule has 6 nitrogen and oxygen atoms in total. The van der Waals surface area contributed by atoms with Crippen molar-refractivity contribution in [1.82, 2.24) is 9.80 Å². The van der Waals surface area contributed by atoms with Crippen molar-refractivity contribution in [3.8, 4) is 0 Å². The van der Waals surface area contributed by atoms with Gasteiger partial charge in [-0.2, -0.15) is 13.2 Å². The van der Waals surface area contributed by atoms with Crippen LogP contribution in [0.5, 0.6) is 0 Å². The van der Waals surface area contributed by atoms with Gasteiger partial charge in [-0.05, 0) is 55.8 Å². The highest BCUT2D eigenvalue weighted by atomic mass is 19.4. The number of rotatable bonds is 6. The smallest absolute Gasteiger partial charge is 0.394 e. The number of likely N-dealkylation sites (tertiary alicyclic amines) is 1. The van der Waals surface area contributed by atoms with Crippen molar-refractivity contribution in [3.05, 3.63) is 29.8 Å². The third-order valence-corrected chi connectivity index (χ3v) is 7.45. The molecule has 178 valence electrons. The lowest BCUT2D eigenvalue weighted by molar-refractivity contribution is -0.137. The topological polar surface area (TPSA) is 67.2 Å². The minimum absolute atomic E-state index is 0.0888. The third kappa shape index (κ3) is 5.05. The van der Waals surface area contributed by atoms with Crippen LogP contribution in [0.4, 0.5) is 18.9 Å². The Hall–Kier alpha value is -1.84. The van der Waals surface area contributed by atoms with Crippen LogP contribution in [0.25, 0.3) is 0 Å². The summed E-state index contributed by atoms with van der Waals surface area (Å²) >= 11 is 0. The second kappa shape index (κ2) is 9.19. The molecule has 1 aliphatic carbocycles. The molecule has 1 spiro atoms. The summed E-state index contributed by atoms with van der Waals surface area (Å²) in [5, 5.41) is 20.4. The van der Waals surface area contributed by atoms with E-state index in [-0.39, 0.29) is 36.5 Å². The van der Waals surface area contributed by atoms with Crippen LogP contribution in [-0.4, -0.2) is 83.9 Å². The van der Waals surface area contributed by atoms with E-state index in [0.29, 0.717) is 44.8 Å². The van der Waals surface area contributed by atoms with Crippen LogP contribution >= 0.6 is 0 Å². The van der Waals surface area contributed by atoms with Crippen LogP contribution in [0, 0.1) is 5.41 Å². The lowest BCUT2D eigenvalue weighted by Gasteiger charge is -2.38. The number of amides is 1. The Balaban J connectivity index is 1.35. The molecule has 2 aliphatic heterocycles. The average molecular weight is 456 g/mol. The lowest BCUT2D eigenvalue weighted by atomic mass is 9.90. The van der Waals surface area contributed by atoms with E-state index in [9.17, 15) is 28.2 Å². The third-order valence-electron chi connectivity index (χ3n) is 7.45. The van der Waals surface area contributed by atoms with E-state index in [1.54, 1.807) is 15.9 Å². The summed E-state index contributed by atoms with van der Waals surface area (Å²) in [7, 11) is 0. The fourth-order valence-corrected chi connectivity index (χ4v) is 5.06. The van der Waals surface area contributed by atoms with Gasteiger partial charge in [0.05, 0.1) is 24.3 Å². The SMILES string of the molecule is O=C1CCN(c2cccc(C(F)(F)F)c2)CCN1[C@@H](CO)CCN1CCC2(CC2)[C@H](O)C1. The maximum Gasteiger partial charge on any atom is 0.416 e. The first-order valence-corrected chi connectivity index (χ1v) is 11.4. The van der Waals surface area contributed by atoms with Gasteiger partial charge in [-0.25, -0.2) is 0 Å². The molecule has 1 amide bonds. The number of aliphatic hydroxyl groups excluding tert-OH is 2. The molecule has 2 heterocycles. The van der Waals surface area contributed by atoms with Crippen molar-refractivity contribution in [1.29, 1.82) is 0 Å². The van der Waals surface area contributed by atoms with Crippen molar-refractivity contribution in [2.24, 2.45) is 5.41 Å². The van der Waals surface area contributed by atoms with E-state index in [1.807, 2.05) is 0 Å². The van der Waals surface area contributed by atoms with Crippen molar-refractivity contribution < 1.29 is 28.2 Å². The van der Waals surface area contributed by atoms with Crippen LogP contribution in [0.3, 0.4) is 0 Å². The predicted octanol–water partition coefficient (Wildman–Crippen LogP) is 2.34. The first-order valence-electron chi connectivity index (χ1n) is 11.4. The molecule has 3 fully saturated rings. The van der Waals surface area contributed by atoms with Crippen molar-refractivity contribution in [2.75, 3.05) is 50.8 Å². The molecular weight excluding hydrogens is 423 g/mol. The molecule has 3 aliphatic rings. The standard InChI is InChI=1S/C23H32F3N3O3/c24-23(25,26)17-2-1-3-18(14-17)28-10-5-21(32)29(13-12-28)19(16-30)4-9-27-11-8-22(6-7-22)20(31)15-27/h1-3,14,19-20,30-31H,4-13,15-16H2/t19-,20-/m1/s1. The zero-order chi connectivity index (χ0) is 22.9. The first kappa shape index (κ1) is 23.3. The van der Waals surface area contributed by atoms with Crippen LogP contribution < -0.4 is 4.90 Å². The molecule has 0 aromatic heterocycles. The molecule has 2 N–H and O–H groups in total. The normalized spacial score (nSPS) is 25.2. The summed E-state index contributed by atoms with van der Waals surface area (Å²) in [6, 6.07) is 4.85. The summed E-state index contributed by atoms with van der Waals surface area (Å²) < 4.78 is 39.2. The number of piperidine rings is 1. The van der Waals surface area contributed by atoms with Crippen LogP contribution in [0.2, 0.25) is 0 Å². The number of carbonyl (C=O) groups is 1.